The minimum Gasteiger partial charge on any atom is -0.480 e. The van der Waals surface area contributed by atoms with Crippen molar-refractivity contribution in [1.29, 1.82) is 0 Å². The highest BCUT2D eigenvalue weighted by molar-refractivity contribution is 7.89. The van der Waals surface area contributed by atoms with E-state index in [0.29, 0.717) is 12.8 Å². The van der Waals surface area contributed by atoms with Crippen LogP contribution in [0.3, 0.4) is 0 Å². The second-order valence-corrected chi connectivity index (χ2v) is 7.73. The number of nitrogens with one attached hydrogen (secondary N) is 2. The van der Waals surface area contributed by atoms with Gasteiger partial charge >= 0.3 is 5.97 Å². The van der Waals surface area contributed by atoms with Gasteiger partial charge in [0.05, 0.1) is 11.5 Å². The van der Waals surface area contributed by atoms with Crippen LogP contribution in [0.15, 0.2) is 29.2 Å². The molecular formula is C16H22N2O6S. The Morgan fingerprint density at radius 2 is 1.80 bits per heavy atom. The van der Waals surface area contributed by atoms with E-state index in [1.807, 2.05) is 0 Å². The average Bonchev–Trinajstić information content (AvgIpc) is 3.05. The molecule has 0 saturated heterocycles. The van der Waals surface area contributed by atoms with Crippen LogP contribution < -0.4 is 10.0 Å². The summed E-state index contributed by atoms with van der Waals surface area (Å²) in [4.78, 5) is 23.8. The van der Waals surface area contributed by atoms with Crippen LogP contribution in [0.5, 0.6) is 0 Å². The molecule has 0 aromatic heterocycles. The Kier molecular flexibility index (Phi) is 6.15. The predicted octanol–water partition coefficient (Wildman–Crippen LogP) is 0.738. The lowest BCUT2D eigenvalue weighted by Crippen LogP contribution is -2.52. The molecule has 1 aromatic carbocycles. The number of carbonyl (C=O) groups excluding carboxylic acids is 1. The minimum absolute atomic E-state index is 0.0222. The van der Waals surface area contributed by atoms with Crippen molar-refractivity contribution in [3.05, 3.63) is 29.8 Å². The Morgan fingerprint density at radius 1 is 1.20 bits per heavy atom. The number of carboxylic acid groups (broad SMARTS) is 1. The second kappa shape index (κ2) is 7.94. The van der Waals surface area contributed by atoms with Gasteiger partial charge in [-0.2, -0.15) is 0 Å². The van der Waals surface area contributed by atoms with E-state index in [2.05, 4.69) is 10.0 Å². The molecule has 1 aliphatic rings. The van der Waals surface area contributed by atoms with Crippen molar-refractivity contribution in [2.24, 2.45) is 0 Å². The van der Waals surface area contributed by atoms with Gasteiger partial charge in [-0.25, -0.2) is 17.9 Å². The molecule has 0 aliphatic heterocycles. The van der Waals surface area contributed by atoms with Gasteiger partial charge in [-0.05, 0) is 37.1 Å². The maximum absolute atomic E-state index is 12.3. The quantitative estimate of drug-likeness (QED) is 0.580. The summed E-state index contributed by atoms with van der Waals surface area (Å²) >= 11 is 0. The van der Waals surface area contributed by atoms with Crippen molar-refractivity contribution in [3.63, 3.8) is 0 Å². The highest BCUT2D eigenvalue weighted by atomic mass is 32.2. The van der Waals surface area contributed by atoms with Gasteiger partial charge in [0.2, 0.25) is 10.0 Å². The third-order valence-electron chi connectivity index (χ3n) is 4.24. The Labute approximate surface area is 146 Å². The number of carbonyl (C=O) groups is 2. The van der Waals surface area contributed by atoms with E-state index in [1.54, 1.807) is 0 Å². The molecule has 1 aliphatic carbocycles. The molecule has 1 fully saturated rings. The number of hydrogen-bond donors (Lipinski definition) is 3. The average molecular weight is 370 g/mol. The topological polar surface area (TPSA) is 122 Å². The standard InChI is InChI=1S/C16H22N2O6S/c1-24-11-10-17-25(22,23)13-6-4-12(5-7-13)14(19)18-16(15(20)21)8-2-3-9-16/h4-7,17H,2-3,8-11H2,1H3,(H,18,19)(H,20,21). The minimum atomic E-state index is -3.68. The zero-order chi connectivity index (χ0) is 18.5. The van der Waals surface area contributed by atoms with Crippen LogP contribution in [0.2, 0.25) is 0 Å². The molecule has 1 amide bonds. The Morgan fingerprint density at radius 3 is 2.32 bits per heavy atom. The summed E-state index contributed by atoms with van der Waals surface area (Å²) in [6.45, 7) is 0.388. The number of methoxy groups -OCH3 is 1. The van der Waals surface area contributed by atoms with E-state index in [4.69, 9.17) is 4.74 Å². The van der Waals surface area contributed by atoms with Crippen LogP contribution in [-0.2, 0) is 19.6 Å². The van der Waals surface area contributed by atoms with Gasteiger partial charge < -0.3 is 15.2 Å². The van der Waals surface area contributed by atoms with E-state index in [0.717, 1.165) is 12.8 Å². The molecule has 8 nitrogen and oxygen atoms in total. The van der Waals surface area contributed by atoms with Crippen molar-refractivity contribution in [1.82, 2.24) is 10.0 Å². The molecule has 9 heteroatoms. The largest absolute Gasteiger partial charge is 0.480 e. The monoisotopic (exact) mass is 370 g/mol. The van der Waals surface area contributed by atoms with Gasteiger partial charge in [-0.3, -0.25) is 4.79 Å². The summed E-state index contributed by atoms with van der Waals surface area (Å²) in [5.41, 5.74) is -1.02. The summed E-state index contributed by atoms with van der Waals surface area (Å²) in [5, 5.41) is 12.0. The normalized spacial score (nSPS) is 16.5. The van der Waals surface area contributed by atoms with Crippen molar-refractivity contribution >= 4 is 21.9 Å². The number of rotatable bonds is 8. The molecule has 0 unspecified atom stereocenters. The predicted molar refractivity (Wildman–Crippen MR) is 89.8 cm³/mol. The summed E-state index contributed by atoms with van der Waals surface area (Å²) in [5.74, 6) is -1.57. The van der Waals surface area contributed by atoms with Gasteiger partial charge in [-0.15, -0.1) is 0 Å². The number of amides is 1. The molecular weight excluding hydrogens is 348 g/mol. The summed E-state index contributed by atoms with van der Waals surface area (Å²) in [7, 11) is -2.21. The molecule has 0 heterocycles. The van der Waals surface area contributed by atoms with Crippen molar-refractivity contribution in [3.8, 4) is 0 Å². The Hall–Kier alpha value is -1.97. The molecule has 0 radical (unpaired) electrons. The van der Waals surface area contributed by atoms with E-state index in [1.165, 1.54) is 31.4 Å². The van der Waals surface area contributed by atoms with Crippen LogP contribution in [0, 0.1) is 0 Å². The lowest BCUT2D eigenvalue weighted by atomic mass is 9.97. The first-order valence-electron chi connectivity index (χ1n) is 7.95. The van der Waals surface area contributed by atoms with Crippen molar-refractivity contribution < 1.29 is 27.9 Å². The molecule has 3 N–H and O–H groups in total. The van der Waals surface area contributed by atoms with Gasteiger partial charge in [0.25, 0.3) is 5.91 Å². The SMILES string of the molecule is COCCNS(=O)(=O)c1ccc(C(=O)NC2(C(=O)O)CCCC2)cc1. The van der Waals surface area contributed by atoms with Crippen LogP contribution >= 0.6 is 0 Å². The second-order valence-electron chi connectivity index (χ2n) is 5.96. The number of sulfonamides is 1. The van der Waals surface area contributed by atoms with Gasteiger partial charge in [0.15, 0.2) is 0 Å². The van der Waals surface area contributed by atoms with E-state index < -0.39 is 27.4 Å². The fourth-order valence-electron chi connectivity index (χ4n) is 2.81. The lowest BCUT2D eigenvalue weighted by Gasteiger charge is -2.25. The zero-order valence-electron chi connectivity index (χ0n) is 13.9. The smallest absolute Gasteiger partial charge is 0.329 e. The first-order valence-corrected chi connectivity index (χ1v) is 9.44. The first kappa shape index (κ1) is 19.4. The number of aliphatic carboxylic acids is 1. The highest BCUT2D eigenvalue weighted by Crippen LogP contribution is 2.30. The number of hydrogen-bond acceptors (Lipinski definition) is 5. The number of carboxylic acids is 1. The number of benzene rings is 1. The van der Waals surface area contributed by atoms with Crippen LogP contribution in [-0.4, -0.2) is 51.2 Å². The summed E-state index contributed by atoms with van der Waals surface area (Å²) in [6.07, 6.45) is 2.28. The molecule has 138 valence electrons. The van der Waals surface area contributed by atoms with Crippen LogP contribution in [0.25, 0.3) is 0 Å². The molecule has 0 spiro atoms. The molecule has 0 atom stereocenters. The Balaban J connectivity index is 2.09. The van der Waals surface area contributed by atoms with Gasteiger partial charge in [-0.1, -0.05) is 12.8 Å². The fraction of sp³-hybridized carbons (Fsp3) is 0.500. The Bertz CT molecular complexity index is 723. The van der Waals surface area contributed by atoms with Crippen molar-refractivity contribution in [2.75, 3.05) is 20.3 Å². The molecule has 0 bridgehead atoms. The molecule has 1 aromatic rings. The van der Waals surface area contributed by atoms with Crippen LogP contribution in [0.1, 0.15) is 36.0 Å². The van der Waals surface area contributed by atoms with E-state index in [-0.39, 0.29) is 23.6 Å². The molecule has 25 heavy (non-hydrogen) atoms. The summed E-state index contributed by atoms with van der Waals surface area (Å²) < 4.78 is 31.3. The maximum Gasteiger partial charge on any atom is 0.329 e. The highest BCUT2D eigenvalue weighted by Gasteiger charge is 2.42. The maximum atomic E-state index is 12.3. The summed E-state index contributed by atoms with van der Waals surface area (Å²) in [6, 6.07) is 5.35. The fourth-order valence-corrected chi connectivity index (χ4v) is 3.82. The number of ether oxygens (including phenoxy) is 1. The van der Waals surface area contributed by atoms with E-state index in [9.17, 15) is 23.1 Å². The zero-order valence-corrected chi connectivity index (χ0v) is 14.8. The van der Waals surface area contributed by atoms with E-state index >= 15 is 0 Å². The molecule has 1 saturated carbocycles. The lowest BCUT2D eigenvalue weighted by molar-refractivity contribution is -0.144. The third kappa shape index (κ3) is 4.56. The third-order valence-corrected chi connectivity index (χ3v) is 5.72. The first-order chi connectivity index (χ1) is 11.8. The van der Waals surface area contributed by atoms with Gasteiger partial charge in [0.1, 0.15) is 5.54 Å². The van der Waals surface area contributed by atoms with Gasteiger partial charge in [0, 0.05) is 19.2 Å². The van der Waals surface area contributed by atoms with Crippen molar-refractivity contribution in [2.45, 2.75) is 36.1 Å². The van der Waals surface area contributed by atoms with Crippen LogP contribution in [0.4, 0.5) is 0 Å². The molecule has 2 rings (SSSR count).